The Balaban J connectivity index is 1.30. The van der Waals surface area contributed by atoms with E-state index in [9.17, 15) is 18.0 Å². The van der Waals surface area contributed by atoms with E-state index in [1.54, 1.807) is 18.0 Å². The number of carbonyl (C=O) groups is 1. The van der Waals surface area contributed by atoms with Gasteiger partial charge in [0.25, 0.3) is 0 Å². The number of hydrogen-bond acceptors (Lipinski definition) is 6. The number of rotatable bonds is 6. The molecule has 0 unspecified atom stereocenters. The van der Waals surface area contributed by atoms with Crippen LogP contribution in [-0.2, 0) is 17.5 Å². The second kappa shape index (κ2) is 10.4. The Morgan fingerprint density at radius 3 is 2.57 bits per heavy atom. The number of thioether (sulfide) groups is 1. The van der Waals surface area contributed by atoms with Gasteiger partial charge in [-0.05, 0) is 61.1 Å². The van der Waals surface area contributed by atoms with Gasteiger partial charge < -0.3 is 10.2 Å². The molecule has 1 N–H and O–H groups in total. The van der Waals surface area contributed by atoms with E-state index < -0.39 is 11.7 Å². The molecule has 0 aliphatic carbocycles. The minimum atomic E-state index is -4.40. The molecule has 192 valence electrons. The van der Waals surface area contributed by atoms with Crippen molar-refractivity contribution in [3.63, 3.8) is 0 Å². The maximum Gasteiger partial charge on any atom is 0.416 e. The highest BCUT2D eigenvalue weighted by Gasteiger charge is 2.30. The number of halogens is 3. The third-order valence-electron chi connectivity index (χ3n) is 6.46. The summed E-state index contributed by atoms with van der Waals surface area (Å²) in [5.41, 5.74) is 1.93. The van der Waals surface area contributed by atoms with Gasteiger partial charge >= 0.3 is 6.18 Å². The molecule has 0 radical (unpaired) electrons. The molecule has 1 fully saturated rings. The Hall–Kier alpha value is -3.60. The van der Waals surface area contributed by atoms with Crippen molar-refractivity contribution in [3.05, 3.63) is 72.2 Å². The predicted molar refractivity (Wildman–Crippen MR) is 137 cm³/mol. The standard InChI is InChI=1S/C26H25F3N6OS/c1-37-21-10-4-17(5-11-21)13-30-25(36)18-3-2-12-34(14-18)24-23-22(31-16-32-24)15-35(33-23)20-8-6-19(7-9-20)26(27,28)29/h4-11,15-16,18H,2-3,12-14H2,1H3,(H,30,36)/t18-/m0/s1. The van der Waals surface area contributed by atoms with E-state index in [0.717, 1.165) is 37.1 Å². The van der Waals surface area contributed by atoms with E-state index in [1.165, 1.54) is 28.0 Å². The van der Waals surface area contributed by atoms with Crippen molar-refractivity contribution in [1.82, 2.24) is 25.1 Å². The minimum Gasteiger partial charge on any atom is -0.354 e. The van der Waals surface area contributed by atoms with E-state index in [-0.39, 0.29) is 11.8 Å². The number of hydrogen-bond donors (Lipinski definition) is 1. The third-order valence-corrected chi connectivity index (χ3v) is 7.20. The molecular weight excluding hydrogens is 501 g/mol. The second-order valence-electron chi connectivity index (χ2n) is 8.90. The second-order valence-corrected chi connectivity index (χ2v) is 9.78. The Kier molecular flexibility index (Phi) is 7.05. The topological polar surface area (TPSA) is 75.9 Å². The lowest BCUT2D eigenvalue weighted by molar-refractivity contribution is -0.137. The molecule has 2 aromatic carbocycles. The Bertz CT molecular complexity index is 1390. The first-order valence-electron chi connectivity index (χ1n) is 11.9. The van der Waals surface area contributed by atoms with Crippen LogP contribution in [0.5, 0.6) is 0 Å². The van der Waals surface area contributed by atoms with E-state index >= 15 is 0 Å². The Morgan fingerprint density at radius 2 is 1.86 bits per heavy atom. The summed E-state index contributed by atoms with van der Waals surface area (Å²) in [7, 11) is 0. The van der Waals surface area contributed by atoms with Crippen molar-refractivity contribution in [3.8, 4) is 5.69 Å². The fourth-order valence-electron chi connectivity index (χ4n) is 4.45. The number of benzene rings is 2. The zero-order valence-electron chi connectivity index (χ0n) is 20.1. The Morgan fingerprint density at radius 1 is 1.11 bits per heavy atom. The summed E-state index contributed by atoms with van der Waals surface area (Å²) in [5, 5.41) is 7.63. The summed E-state index contributed by atoms with van der Waals surface area (Å²) < 4.78 is 40.3. The molecule has 0 bridgehead atoms. The van der Waals surface area contributed by atoms with Crippen molar-refractivity contribution < 1.29 is 18.0 Å². The van der Waals surface area contributed by atoms with Gasteiger partial charge in [-0.1, -0.05) is 12.1 Å². The molecule has 11 heteroatoms. The smallest absolute Gasteiger partial charge is 0.354 e. The van der Waals surface area contributed by atoms with Crippen LogP contribution in [0.4, 0.5) is 19.0 Å². The molecule has 1 amide bonds. The largest absolute Gasteiger partial charge is 0.416 e. The van der Waals surface area contributed by atoms with Gasteiger partial charge in [0.2, 0.25) is 5.91 Å². The van der Waals surface area contributed by atoms with Crippen molar-refractivity contribution >= 4 is 34.5 Å². The van der Waals surface area contributed by atoms with E-state index in [4.69, 9.17) is 0 Å². The number of anilines is 1. The van der Waals surface area contributed by atoms with Crippen LogP contribution in [0, 0.1) is 5.92 Å². The molecule has 0 saturated carbocycles. The van der Waals surface area contributed by atoms with Gasteiger partial charge in [-0.2, -0.15) is 18.3 Å². The van der Waals surface area contributed by atoms with Gasteiger partial charge in [0.15, 0.2) is 11.3 Å². The fraction of sp³-hybridized carbons (Fsp3) is 0.308. The zero-order valence-corrected chi connectivity index (χ0v) is 20.9. The van der Waals surface area contributed by atoms with E-state index in [2.05, 4.69) is 20.4 Å². The molecule has 1 aliphatic rings. The highest BCUT2D eigenvalue weighted by molar-refractivity contribution is 7.98. The summed E-state index contributed by atoms with van der Waals surface area (Å²) >= 11 is 1.67. The Labute approximate surface area is 216 Å². The number of piperidine rings is 1. The average molecular weight is 527 g/mol. The van der Waals surface area contributed by atoms with Crippen molar-refractivity contribution in [2.45, 2.75) is 30.5 Å². The normalized spacial score (nSPS) is 16.2. The lowest BCUT2D eigenvalue weighted by atomic mass is 9.97. The van der Waals surface area contributed by atoms with Crippen LogP contribution in [0.2, 0.25) is 0 Å². The van der Waals surface area contributed by atoms with Crippen LogP contribution in [0.1, 0.15) is 24.0 Å². The highest BCUT2D eigenvalue weighted by Crippen LogP contribution is 2.31. The maximum atomic E-state index is 12.9. The summed E-state index contributed by atoms with van der Waals surface area (Å²) in [6.07, 6.45) is 2.34. The van der Waals surface area contributed by atoms with Gasteiger partial charge in [0.05, 0.1) is 23.4 Å². The first-order chi connectivity index (χ1) is 17.8. The number of fused-ring (bicyclic) bond motifs is 1. The molecule has 4 aromatic rings. The molecule has 0 spiro atoms. The van der Waals surface area contributed by atoms with Crippen LogP contribution in [0.15, 0.2) is 66.0 Å². The molecule has 1 aliphatic heterocycles. The van der Waals surface area contributed by atoms with Crippen LogP contribution in [-0.4, -0.2) is 45.0 Å². The first kappa shape index (κ1) is 25.1. The molecule has 5 rings (SSSR count). The number of nitrogens with zero attached hydrogens (tertiary/aromatic N) is 5. The molecule has 2 aromatic heterocycles. The van der Waals surface area contributed by atoms with Gasteiger partial charge in [-0.15, -0.1) is 11.8 Å². The van der Waals surface area contributed by atoms with Gasteiger partial charge in [-0.3, -0.25) is 4.79 Å². The van der Waals surface area contributed by atoms with Crippen molar-refractivity contribution in [2.75, 3.05) is 24.2 Å². The zero-order chi connectivity index (χ0) is 26.0. The van der Waals surface area contributed by atoms with E-state index in [1.807, 2.05) is 35.4 Å². The molecule has 1 saturated heterocycles. The number of aromatic nitrogens is 4. The quantitative estimate of drug-likeness (QED) is 0.353. The van der Waals surface area contributed by atoms with Gasteiger partial charge in [0, 0.05) is 24.5 Å². The minimum absolute atomic E-state index is 0.000716. The van der Waals surface area contributed by atoms with Crippen LogP contribution >= 0.6 is 11.8 Å². The van der Waals surface area contributed by atoms with Crippen LogP contribution < -0.4 is 10.2 Å². The van der Waals surface area contributed by atoms with E-state index in [0.29, 0.717) is 35.6 Å². The first-order valence-corrected chi connectivity index (χ1v) is 13.1. The molecule has 3 heterocycles. The molecular formula is C26H25F3N6OS. The lowest BCUT2D eigenvalue weighted by Crippen LogP contribution is -2.43. The lowest BCUT2D eigenvalue weighted by Gasteiger charge is -2.32. The SMILES string of the molecule is CSc1ccc(CNC(=O)[C@H]2CCCN(c3ncnc4cn(-c5ccc(C(F)(F)F)cc5)nc34)C2)cc1. The third kappa shape index (κ3) is 5.56. The average Bonchev–Trinajstić information content (AvgIpc) is 3.36. The van der Waals surface area contributed by atoms with Crippen molar-refractivity contribution in [2.24, 2.45) is 5.92 Å². The summed E-state index contributed by atoms with van der Waals surface area (Å²) in [4.78, 5) is 24.9. The van der Waals surface area contributed by atoms with Crippen LogP contribution in [0.3, 0.4) is 0 Å². The van der Waals surface area contributed by atoms with Gasteiger partial charge in [0.1, 0.15) is 11.8 Å². The predicted octanol–water partition coefficient (Wildman–Crippen LogP) is 5.09. The van der Waals surface area contributed by atoms with Crippen LogP contribution in [0.25, 0.3) is 16.7 Å². The molecule has 1 atom stereocenters. The maximum absolute atomic E-state index is 12.9. The number of amides is 1. The number of nitrogens with one attached hydrogen (secondary N) is 1. The highest BCUT2D eigenvalue weighted by atomic mass is 32.2. The molecule has 7 nitrogen and oxygen atoms in total. The number of carbonyl (C=O) groups excluding carboxylic acids is 1. The monoisotopic (exact) mass is 526 g/mol. The number of alkyl halides is 3. The molecule has 37 heavy (non-hydrogen) atoms. The summed E-state index contributed by atoms with van der Waals surface area (Å²) in [6, 6.07) is 12.9. The van der Waals surface area contributed by atoms with Gasteiger partial charge in [-0.25, -0.2) is 14.6 Å². The fourth-order valence-corrected chi connectivity index (χ4v) is 4.86. The summed E-state index contributed by atoms with van der Waals surface area (Å²) in [6.45, 7) is 1.69. The summed E-state index contributed by atoms with van der Waals surface area (Å²) in [5.74, 6) is 0.418. The van der Waals surface area contributed by atoms with Crippen molar-refractivity contribution in [1.29, 1.82) is 0 Å².